The molecular weight excluding hydrogens is 320 g/mol. The van der Waals surface area contributed by atoms with E-state index in [4.69, 9.17) is 14.2 Å². The maximum absolute atomic E-state index is 12.8. The smallest absolute Gasteiger partial charge is 0.256 e. The van der Waals surface area contributed by atoms with Crippen LogP contribution in [0.1, 0.15) is 45.2 Å². The standard InChI is InChI=1S/C19H30N2O4/c1-5-24-11-12-25-17-9-8-16(15(3)20-17)21-18(22)19(23-4)10-6-7-14(2)13-19/h8-9,14H,5-7,10-13H2,1-4H3,(H,21,22)/t14-,19-/m1/s1. The van der Waals surface area contributed by atoms with Crippen LogP contribution in [0.5, 0.6) is 5.88 Å². The van der Waals surface area contributed by atoms with E-state index in [-0.39, 0.29) is 5.91 Å². The van der Waals surface area contributed by atoms with Gasteiger partial charge in [0.1, 0.15) is 12.2 Å². The van der Waals surface area contributed by atoms with Gasteiger partial charge < -0.3 is 19.5 Å². The Bertz CT molecular complexity index is 579. The maximum Gasteiger partial charge on any atom is 0.256 e. The number of hydrogen-bond acceptors (Lipinski definition) is 5. The van der Waals surface area contributed by atoms with E-state index in [0.717, 1.165) is 31.4 Å². The molecule has 1 aliphatic carbocycles. The number of rotatable bonds is 8. The average Bonchev–Trinajstić information content (AvgIpc) is 2.60. The lowest BCUT2D eigenvalue weighted by molar-refractivity contribution is -0.143. The van der Waals surface area contributed by atoms with Crippen molar-refractivity contribution in [1.29, 1.82) is 0 Å². The number of aryl methyl sites for hydroxylation is 1. The fourth-order valence-corrected chi connectivity index (χ4v) is 3.32. The molecule has 25 heavy (non-hydrogen) atoms. The first-order valence-corrected chi connectivity index (χ1v) is 9.05. The number of carbonyl (C=O) groups is 1. The number of ether oxygens (including phenoxy) is 3. The lowest BCUT2D eigenvalue weighted by atomic mass is 9.78. The van der Waals surface area contributed by atoms with E-state index in [2.05, 4.69) is 17.2 Å². The summed E-state index contributed by atoms with van der Waals surface area (Å²) >= 11 is 0. The third kappa shape index (κ3) is 5.16. The Balaban J connectivity index is 2.00. The number of hydrogen-bond donors (Lipinski definition) is 1. The van der Waals surface area contributed by atoms with Crippen molar-refractivity contribution in [3.8, 4) is 5.88 Å². The van der Waals surface area contributed by atoms with Gasteiger partial charge in [0.05, 0.1) is 18.0 Å². The van der Waals surface area contributed by atoms with Crippen LogP contribution >= 0.6 is 0 Å². The number of pyridine rings is 1. The van der Waals surface area contributed by atoms with Gasteiger partial charge in [-0.3, -0.25) is 4.79 Å². The average molecular weight is 350 g/mol. The van der Waals surface area contributed by atoms with E-state index < -0.39 is 5.60 Å². The highest BCUT2D eigenvalue weighted by molar-refractivity contribution is 5.97. The van der Waals surface area contributed by atoms with Crippen LogP contribution in [0, 0.1) is 12.8 Å². The zero-order chi connectivity index (χ0) is 18.3. The summed E-state index contributed by atoms with van der Waals surface area (Å²) in [5.74, 6) is 0.930. The van der Waals surface area contributed by atoms with E-state index in [1.54, 1.807) is 13.2 Å². The summed E-state index contributed by atoms with van der Waals surface area (Å²) in [6.07, 6.45) is 3.66. The first kappa shape index (κ1) is 19.7. The van der Waals surface area contributed by atoms with Crippen LogP contribution in [-0.2, 0) is 14.3 Å². The van der Waals surface area contributed by atoms with Crippen LogP contribution < -0.4 is 10.1 Å². The molecule has 0 spiro atoms. The van der Waals surface area contributed by atoms with Gasteiger partial charge in [-0.1, -0.05) is 13.3 Å². The zero-order valence-electron chi connectivity index (χ0n) is 15.8. The van der Waals surface area contributed by atoms with Crippen molar-refractivity contribution < 1.29 is 19.0 Å². The minimum atomic E-state index is -0.739. The number of aromatic nitrogens is 1. The zero-order valence-corrected chi connectivity index (χ0v) is 15.8. The SMILES string of the molecule is CCOCCOc1ccc(NC(=O)[C@@]2(OC)CCC[C@@H](C)C2)c(C)n1. The van der Waals surface area contributed by atoms with Crippen LogP contribution in [0.15, 0.2) is 12.1 Å². The van der Waals surface area contributed by atoms with Crippen molar-refractivity contribution in [1.82, 2.24) is 4.98 Å². The Morgan fingerprint density at radius 3 is 2.84 bits per heavy atom. The minimum Gasteiger partial charge on any atom is -0.475 e. The Morgan fingerprint density at radius 2 is 2.20 bits per heavy atom. The monoisotopic (exact) mass is 350 g/mol. The number of methoxy groups -OCH3 is 1. The number of carbonyl (C=O) groups excluding carboxylic acids is 1. The molecule has 1 aromatic heterocycles. The molecule has 0 aromatic carbocycles. The molecule has 6 heteroatoms. The predicted octanol–water partition coefficient (Wildman–Crippen LogP) is 3.34. The number of nitrogens with zero attached hydrogens (tertiary/aromatic N) is 1. The van der Waals surface area contributed by atoms with Crippen molar-refractivity contribution >= 4 is 11.6 Å². The molecule has 1 fully saturated rings. The second-order valence-electron chi connectivity index (χ2n) is 6.68. The van der Waals surface area contributed by atoms with Gasteiger partial charge in [-0.05, 0) is 45.1 Å². The van der Waals surface area contributed by atoms with E-state index in [0.29, 0.717) is 37.3 Å². The molecule has 2 rings (SSSR count). The number of anilines is 1. The normalized spacial score (nSPS) is 23.3. The topological polar surface area (TPSA) is 69.7 Å². The summed E-state index contributed by atoms with van der Waals surface area (Å²) in [7, 11) is 1.62. The number of nitrogens with one attached hydrogen (secondary N) is 1. The highest BCUT2D eigenvalue weighted by atomic mass is 16.5. The lowest BCUT2D eigenvalue weighted by Crippen LogP contribution is -2.48. The molecule has 1 aliphatic rings. The maximum atomic E-state index is 12.8. The van der Waals surface area contributed by atoms with E-state index >= 15 is 0 Å². The molecule has 6 nitrogen and oxygen atoms in total. The van der Waals surface area contributed by atoms with Crippen LogP contribution in [0.2, 0.25) is 0 Å². The fraction of sp³-hybridized carbons (Fsp3) is 0.684. The fourth-order valence-electron chi connectivity index (χ4n) is 3.32. The van der Waals surface area contributed by atoms with Gasteiger partial charge in [0.2, 0.25) is 5.88 Å². The van der Waals surface area contributed by atoms with Crippen LogP contribution in [0.25, 0.3) is 0 Å². The summed E-state index contributed by atoms with van der Waals surface area (Å²) in [5.41, 5.74) is 0.672. The third-order valence-corrected chi connectivity index (χ3v) is 4.75. The van der Waals surface area contributed by atoms with Crippen molar-refractivity contribution in [3.63, 3.8) is 0 Å². The van der Waals surface area contributed by atoms with Gasteiger partial charge in [0, 0.05) is 19.8 Å². The quantitative estimate of drug-likeness (QED) is 0.728. The molecule has 1 amide bonds. The molecule has 1 N–H and O–H groups in total. The van der Waals surface area contributed by atoms with Gasteiger partial charge >= 0.3 is 0 Å². The third-order valence-electron chi connectivity index (χ3n) is 4.75. The van der Waals surface area contributed by atoms with Crippen LogP contribution in [0.3, 0.4) is 0 Å². The minimum absolute atomic E-state index is 0.0866. The van der Waals surface area contributed by atoms with E-state index in [9.17, 15) is 4.79 Å². The molecule has 0 aliphatic heterocycles. The van der Waals surface area contributed by atoms with E-state index in [1.807, 2.05) is 19.9 Å². The van der Waals surface area contributed by atoms with Gasteiger partial charge in [0.15, 0.2) is 0 Å². The van der Waals surface area contributed by atoms with Crippen LogP contribution in [-0.4, -0.2) is 43.4 Å². The van der Waals surface area contributed by atoms with Crippen LogP contribution in [0.4, 0.5) is 5.69 Å². The van der Waals surface area contributed by atoms with Crippen molar-refractivity contribution in [2.75, 3.05) is 32.2 Å². The highest BCUT2D eigenvalue weighted by Crippen LogP contribution is 2.36. The van der Waals surface area contributed by atoms with Gasteiger partial charge in [-0.25, -0.2) is 4.98 Å². The molecular formula is C19H30N2O4. The molecule has 0 saturated heterocycles. The lowest BCUT2D eigenvalue weighted by Gasteiger charge is -2.37. The first-order valence-electron chi connectivity index (χ1n) is 9.05. The molecule has 0 bridgehead atoms. The summed E-state index contributed by atoms with van der Waals surface area (Å²) in [6.45, 7) is 7.62. The Kier molecular flexibility index (Phi) is 7.20. The Hall–Kier alpha value is -1.66. The molecule has 0 radical (unpaired) electrons. The van der Waals surface area contributed by atoms with Gasteiger partial charge in [0.25, 0.3) is 5.91 Å². The Morgan fingerprint density at radius 1 is 1.40 bits per heavy atom. The molecule has 1 heterocycles. The largest absolute Gasteiger partial charge is 0.475 e. The summed E-state index contributed by atoms with van der Waals surface area (Å²) in [6, 6.07) is 3.59. The molecule has 2 atom stereocenters. The summed E-state index contributed by atoms with van der Waals surface area (Å²) in [4.78, 5) is 17.2. The second kappa shape index (κ2) is 9.15. The van der Waals surface area contributed by atoms with E-state index in [1.165, 1.54) is 0 Å². The molecule has 1 saturated carbocycles. The van der Waals surface area contributed by atoms with Crippen molar-refractivity contribution in [3.05, 3.63) is 17.8 Å². The molecule has 1 aromatic rings. The number of amides is 1. The van der Waals surface area contributed by atoms with Crippen molar-refractivity contribution in [2.24, 2.45) is 5.92 Å². The highest BCUT2D eigenvalue weighted by Gasteiger charge is 2.42. The van der Waals surface area contributed by atoms with Gasteiger partial charge in [-0.15, -0.1) is 0 Å². The Labute approximate surface area is 150 Å². The predicted molar refractivity (Wildman–Crippen MR) is 97.0 cm³/mol. The second-order valence-corrected chi connectivity index (χ2v) is 6.68. The first-order chi connectivity index (χ1) is 12.0. The molecule has 0 unspecified atom stereocenters. The molecule has 140 valence electrons. The summed E-state index contributed by atoms with van der Waals surface area (Å²) < 4.78 is 16.4. The van der Waals surface area contributed by atoms with Crippen molar-refractivity contribution in [2.45, 2.75) is 52.1 Å². The van der Waals surface area contributed by atoms with Gasteiger partial charge in [-0.2, -0.15) is 0 Å². The summed E-state index contributed by atoms with van der Waals surface area (Å²) in [5, 5.41) is 2.99.